The monoisotopic (exact) mass is 293 g/mol. The lowest BCUT2D eigenvalue weighted by atomic mass is 9.94. The van der Waals surface area contributed by atoms with Crippen LogP contribution < -0.4 is 5.32 Å². The summed E-state index contributed by atoms with van der Waals surface area (Å²) in [6.45, 7) is 3.30. The summed E-state index contributed by atoms with van der Waals surface area (Å²) in [4.78, 5) is 0. The number of rotatable bonds is 4. The molecule has 2 rings (SSSR count). The third-order valence-corrected chi connectivity index (χ3v) is 3.90. The van der Waals surface area contributed by atoms with Crippen molar-refractivity contribution in [1.29, 1.82) is 0 Å². The van der Waals surface area contributed by atoms with Crippen LogP contribution in [0, 0.1) is 5.92 Å². The molecular formula is C15H20BrN. The summed E-state index contributed by atoms with van der Waals surface area (Å²) in [5, 5.41) is 3.61. The van der Waals surface area contributed by atoms with Gasteiger partial charge in [-0.15, -0.1) is 0 Å². The van der Waals surface area contributed by atoms with Crippen LogP contribution in [0.5, 0.6) is 0 Å². The minimum absolute atomic E-state index is 0.799. The highest BCUT2D eigenvalue weighted by molar-refractivity contribution is 9.10. The number of anilines is 1. The SMILES string of the molecule is CCc1cc(Br)ccc1NCC1CC=CCC1. The molecule has 0 fully saturated rings. The van der Waals surface area contributed by atoms with E-state index in [-0.39, 0.29) is 0 Å². The van der Waals surface area contributed by atoms with Crippen LogP contribution in [0.1, 0.15) is 31.7 Å². The van der Waals surface area contributed by atoms with Crippen molar-refractivity contribution in [2.45, 2.75) is 32.6 Å². The second-order valence-corrected chi connectivity index (χ2v) is 5.60. The summed E-state index contributed by atoms with van der Waals surface area (Å²) in [7, 11) is 0. The Morgan fingerprint density at radius 1 is 1.35 bits per heavy atom. The average molecular weight is 294 g/mol. The molecule has 0 aromatic heterocycles. The van der Waals surface area contributed by atoms with Gasteiger partial charge in [0.15, 0.2) is 0 Å². The van der Waals surface area contributed by atoms with Crippen LogP contribution in [0.15, 0.2) is 34.8 Å². The number of allylic oxidation sites excluding steroid dienone is 2. The quantitative estimate of drug-likeness (QED) is 0.788. The molecular weight excluding hydrogens is 274 g/mol. The minimum atomic E-state index is 0.799. The Balaban J connectivity index is 1.96. The van der Waals surface area contributed by atoms with E-state index in [1.165, 1.54) is 35.0 Å². The summed E-state index contributed by atoms with van der Waals surface area (Å²) < 4.78 is 1.17. The number of halogens is 1. The van der Waals surface area contributed by atoms with Gasteiger partial charge >= 0.3 is 0 Å². The summed E-state index contributed by atoms with van der Waals surface area (Å²) >= 11 is 3.53. The lowest BCUT2D eigenvalue weighted by Crippen LogP contribution is -2.16. The molecule has 1 nitrogen and oxygen atoms in total. The van der Waals surface area contributed by atoms with Crippen molar-refractivity contribution in [2.75, 3.05) is 11.9 Å². The van der Waals surface area contributed by atoms with Crippen molar-refractivity contribution in [3.8, 4) is 0 Å². The fourth-order valence-corrected chi connectivity index (χ4v) is 2.73. The molecule has 0 amide bonds. The van der Waals surface area contributed by atoms with E-state index < -0.39 is 0 Å². The maximum atomic E-state index is 3.61. The fourth-order valence-electron chi connectivity index (χ4n) is 2.32. The van der Waals surface area contributed by atoms with E-state index in [4.69, 9.17) is 0 Å². The van der Waals surface area contributed by atoms with Gasteiger partial charge in [0.2, 0.25) is 0 Å². The molecule has 0 saturated heterocycles. The first-order valence-electron chi connectivity index (χ1n) is 6.47. The van der Waals surface area contributed by atoms with Crippen LogP contribution in [0.4, 0.5) is 5.69 Å². The smallest absolute Gasteiger partial charge is 0.0373 e. The van der Waals surface area contributed by atoms with Gasteiger partial charge in [-0.1, -0.05) is 35.0 Å². The highest BCUT2D eigenvalue weighted by Gasteiger charge is 2.10. The van der Waals surface area contributed by atoms with Crippen molar-refractivity contribution in [3.63, 3.8) is 0 Å². The Bertz CT molecular complexity index is 398. The first-order chi connectivity index (χ1) is 8.29. The fraction of sp³-hybridized carbons (Fsp3) is 0.467. The third-order valence-electron chi connectivity index (χ3n) is 3.41. The molecule has 1 unspecified atom stereocenters. The summed E-state index contributed by atoms with van der Waals surface area (Å²) in [6, 6.07) is 6.51. The highest BCUT2D eigenvalue weighted by Crippen LogP contribution is 2.23. The van der Waals surface area contributed by atoms with Crippen molar-refractivity contribution in [2.24, 2.45) is 5.92 Å². The Morgan fingerprint density at radius 3 is 2.94 bits per heavy atom. The lowest BCUT2D eigenvalue weighted by molar-refractivity contribution is 0.504. The predicted molar refractivity (Wildman–Crippen MR) is 78.5 cm³/mol. The molecule has 1 aliphatic rings. The summed E-state index contributed by atoms with van der Waals surface area (Å²) in [5.41, 5.74) is 2.69. The standard InChI is InChI=1S/C15H20BrN/c1-2-13-10-14(16)8-9-15(13)17-11-12-6-4-3-5-7-12/h3-4,8-10,12,17H,2,5-7,11H2,1H3. The Hall–Kier alpha value is -0.760. The topological polar surface area (TPSA) is 12.0 Å². The molecule has 17 heavy (non-hydrogen) atoms. The average Bonchev–Trinajstić information content (AvgIpc) is 2.38. The Morgan fingerprint density at radius 2 is 2.24 bits per heavy atom. The van der Waals surface area contributed by atoms with Crippen LogP contribution in [0.25, 0.3) is 0 Å². The van der Waals surface area contributed by atoms with Gasteiger partial charge in [-0.2, -0.15) is 0 Å². The van der Waals surface area contributed by atoms with Gasteiger partial charge in [0.25, 0.3) is 0 Å². The Labute approximate surface area is 112 Å². The molecule has 1 N–H and O–H groups in total. The van der Waals surface area contributed by atoms with Gasteiger partial charge in [0.05, 0.1) is 0 Å². The van der Waals surface area contributed by atoms with Crippen LogP contribution >= 0.6 is 15.9 Å². The number of hydrogen-bond acceptors (Lipinski definition) is 1. The number of benzene rings is 1. The molecule has 2 heteroatoms. The van der Waals surface area contributed by atoms with Crippen LogP contribution in [0.3, 0.4) is 0 Å². The highest BCUT2D eigenvalue weighted by atomic mass is 79.9. The largest absolute Gasteiger partial charge is 0.385 e. The zero-order chi connectivity index (χ0) is 12.1. The first kappa shape index (κ1) is 12.7. The van der Waals surface area contributed by atoms with Gasteiger partial charge in [-0.25, -0.2) is 0 Å². The minimum Gasteiger partial charge on any atom is -0.385 e. The molecule has 0 spiro atoms. The van der Waals surface area contributed by atoms with Gasteiger partial charge in [0.1, 0.15) is 0 Å². The van der Waals surface area contributed by atoms with Crippen LogP contribution in [0.2, 0.25) is 0 Å². The van der Waals surface area contributed by atoms with E-state index in [0.717, 1.165) is 18.9 Å². The predicted octanol–water partition coefficient (Wildman–Crippen LogP) is 4.78. The van der Waals surface area contributed by atoms with Crippen molar-refractivity contribution < 1.29 is 0 Å². The van der Waals surface area contributed by atoms with Crippen molar-refractivity contribution in [1.82, 2.24) is 0 Å². The van der Waals surface area contributed by atoms with E-state index in [2.05, 4.69) is 58.5 Å². The van der Waals surface area contributed by atoms with Crippen LogP contribution in [-0.2, 0) is 6.42 Å². The molecule has 1 aromatic rings. The number of hydrogen-bond donors (Lipinski definition) is 1. The number of aryl methyl sites for hydroxylation is 1. The summed E-state index contributed by atoms with van der Waals surface area (Å²) in [6.07, 6.45) is 9.48. The van der Waals surface area contributed by atoms with Gasteiger partial charge < -0.3 is 5.32 Å². The van der Waals surface area contributed by atoms with E-state index in [9.17, 15) is 0 Å². The normalized spacial score (nSPS) is 19.3. The number of nitrogens with one attached hydrogen (secondary N) is 1. The first-order valence-corrected chi connectivity index (χ1v) is 7.26. The van der Waals surface area contributed by atoms with E-state index in [0.29, 0.717) is 0 Å². The van der Waals surface area contributed by atoms with Crippen molar-refractivity contribution in [3.05, 3.63) is 40.4 Å². The van der Waals surface area contributed by atoms with Gasteiger partial charge in [-0.3, -0.25) is 0 Å². The van der Waals surface area contributed by atoms with E-state index in [1.807, 2.05) is 0 Å². The lowest BCUT2D eigenvalue weighted by Gasteiger charge is -2.20. The van der Waals surface area contributed by atoms with Crippen molar-refractivity contribution >= 4 is 21.6 Å². The molecule has 0 heterocycles. The van der Waals surface area contributed by atoms with Crippen LogP contribution in [-0.4, -0.2) is 6.54 Å². The molecule has 92 valence electrons. The zero-order valence-corrected chi connectivity index (χ0v) is 12.0. The zero-order valence-electron chi connectivity index (χ0n) is 10.4. The van der Waals surface area contributed by atoms with Gasteiger partial charge in [0, 0.05) is 16.7 Å². The Kier molecular flexibility index (Phi) is 4.66. The molecule has 0 radical (unpaired) electrons. The second kappa shape index (κ2) is 6.25. The summed E-state index contributed by atoms with van der Waals surface area (Å²) in [5.74, 6) is 0.799. The third kappa shape index (κ3) is 3.60. The van der Waals surface area contributed by atoms with E-state index in [1.54, 1.807) is 0 Å². The molecule has 1 atom stereocenters. The second-order valence-electron chi connectivity index (χ2n) is 4.69. The molecule has 0 bridgehead atoms. The van der Waals surface area contributed by atoms with Gasteiger partial charge in [-0.05, 0) is 55.4 Å². The molecule has 1 aromatic carbocycles. The maximum absolute atomic E-state index is 3.61. The molecule has 0 saturated carbocycles. The molecule has 0 aliphatic heterocycles. The molecule has 1 aliphatic carbocycles. The van der Waals surface area contributed by atoms with E-state index >= 15 is 0 Å². The maximum Gasteiger partial charge on any atom is 0.0373 e.